The van der Waals surface area contributed by atoms with E-state index in [-0.39, 0.29) is 5.91 Å². The van der Waals surface area contributed by atoms with Gasteiger partial charge in [-0.1, -0.05) is 29.3 Å². The van der Waals surface area contributed by atoms with Crippen molar-refractivity contribution in [2.45, 2.75) is 32.6 Å². The van der Waals surface area contributed by atoms with Gasteiger partial charge in [0.05, 0.1) is 5.33 Å². The van der Waals surface area contributed by atoms with Crippen LogP contribution in [0.3, 0.4) is 0 Å². The Morgan fingerprint density at radius 1 is 1.58 bits per heavy atom. The second-order valence-electron chi connectivity index (χ2n) is 3.62. The summed E-state index contributed by atoms with van der Waals surface area (Å²) in [6, 6.07) is 0. The van der Waals surface area contributed by atoms with Crippen LogP contribution in [0, 0.1) is 5.41 Å². The van der Waals surface area contributed by atoms with Gasteiger partial charge in [0.1, 0.15) is 0 Å². The summed E-state index contributed by atoms with van der Waals surface area (Å²) in [4.78, 5) is 11.0. The maximum Gasteiger partial charge on any atom is 0.230 e. The van der Waals surface area contributed by atoms with Gasteiger partial charge in [-0.3, -0.25) is 4.79 Å². The molecule has 0 atom stereocenters. The summed E-state index contributed by atoms with van der Waals surface area (Å²) >= 11 is 3.13. The van der Waals surface area contributed by atoms with Gasteiger partial charge >= 0.3 is 0 Å². The molecule has 0 saturated heterocycles. The zero-order valence-corrected chi connectivity index (χ0v) is 9.11. The number of alkyl halides is 1. The predicted molar refractivity (Wildman–Crippen MR) is 53.4 cm³/mol. The van der Waals surface area contributed by atoms with Gasteiger partial charge in [-0.25, -0.2) is 0 Å². The first-order valence-electron chi connectivity index (χ1n) is 4.55. The standard InChI is InChI=1S/C9H16BrNO/c1-2-9(4-3-5-9)7-11-8(12)6-10/h2-7H2,1H3,(H,11,12). The zero-order valence-electron chi connectivity index (χ0n) is 7.53. The van der Waals surface area contributed by atoms with Crippen molar-refractivity contribution in [3.8, 4) is 0 Å². The van der Waals surface area contributed by atoms with Crippen LogP contribution in [0.2, 0.25) is 0 Å². The molecular weight excluding hydrogens is 218 g/mol. The van der Waals surface area contributed by atoms with Gasteiger partial charge in [0, 0.05) is 6.54 Å². The fourth-order valence-electron chi connectivity index (χ4n) is 1.67. The van der Waals surface area contributed by atoms with Crippen LogP contribution in [0.4, 0.5) is 0 Å². The van der Waals surface area contributed by atoms with Crippen LogP contribution in [-0.4, -0.2) is 17.8 Å². The van der Waals surface area contributed by atoms with Crippen LogP contribution in [0.15, 0.2) is 0 Å². The summed E-state index contributed by atoms with van der Waals surface area (Å²) in [5.74, 6) is 0.106. The second-order valence-corrected chi connectivity index (χ2v) is 4.18. The number of carbonyl (C=O) groups is 1. The molecule has 70 valence electrons. The summed E-state index contributed by atoms with van der Waals surface area (Å²) in [7, 11) is 0. The van der Waals surface area contributed by atoms with Crippen molar-refractivity contribution in [1.82, 2.24) is 5.32 Å². The molecule has 0 aliphatic heterocycles. The maximum absolute atomic E-state index is 11.0. The highest BCUT2D eigenvalue weighted by Gasteiger charge is 2.34. The van der Waals surface area contributed by atoms with Crippen LogP contribution in [-0.2, 0) is 4.79 Å². The molecule has 0 spiro atoms. The minimum atomic E-state index is 0.106. The van der Waals surface area contributed by atoms with E-state index in [9.17, 15) is 4.79 Å². The van der Waals surface area contributed by atoms with Crippen LogP contribution in [0.25, 0.3) is 0 Å². The molecule has 1 saturated carbocycles. The third-order valence-electron chi connectivity index (χ3n) is 2.95. The van der Waals surface area contributed by atoms with Crippen molar-refractivity contribution in [2.75, 3.05) is 11.9 Å². The van der Waals surface area contributed by atoms with Crippen molar-refractivity contribution in [2.24, 2.45) is 5.41 Å². The molecule has 1 aliphatic rings. The van der Waals surface area contributed by atoms with E-state index >= 15 is 0 Å². The number of amides is 1. The zero-order chi connectivity index (χ0) is 9.03. The van der Waals surface area contributed by atoms with E-state index in [0.29, 0.717) is 10.7 Å². The molecule has 2 nitrogen and oxygen atoms in total. The SMILES string of the molecule is CCC1(CNC(=O)CBr)CCC1. The largest absolute Gasteiger partial charge is 0.355 e. The Morgan fingerprint density at radius 2 is 2.25 bits per heavy atom. The number of halogens is 1. The first-order chi connectivity index (χ1) is 5.72. The quantitative estimate of drug-likeness (QED) is 0.741. The lowest BCUT2D eigenvalue weighted by molar-refractivity contribution is -0.119. The minimum Gasteiger partial charge on any atom is -0.355 e. The summed E-state index contributed by atoms with van der Waals surface area (Å²) in [6.07, 6.45) is 5.09. The Hall–Kier alpha value is -0.0500. The van der Waals surface area contributed by atoms with E-state index in [1.807, 2.05) is 0 Å². The summed E-state index contributed by atoms with van der Waals surface area (Å²) < 4.78 is 0. The number of hydrogen-bond acceptors (Lipinski definition) is 1. The first kappa shape index (κ1) is 10.0. The van der Waals surface area contributed by atoms with Crippen molar-refractivity contribution in [3.63, 3.8) is 0 Å². The van der Waals surface area contributed by atoms with Crippen LogP contribution < -0.4 is 5.32 Å². The van der Waals surface area contributed by atoms with Crippen molar-refractivity contribution in [1.29, 1.82) is 0 Å². The highest BCUT2D eigenvalue weighted by molar-refractivity contribution is 9.09. The minimum absolute atomic E-state index is 0.106. The smallest absolute Gasteiger partial charge is 0.230 e. The van der Waals surface area contributed by atoms with Crippen molar-refractivity contribution < 1.29 is 4.79 Å². The Kier molecular flexibility index (Phi) is 3.56. The van der Waals surface area contributed by atoms with E-state index < -0.39 is 0 Å². The molecule has 1 fully saturated rings. The number of hydrogen-bond donors (Lipinski definition) is 1. The summed E-state index contributed by atoms with van der Waals surface area (Å²) in [6.45, 7) is 3.08. The molecule has 0 bridgehead atoms. The maximum atomic E-state index is 11.0. The average molecular weight is 234 g/mol. The average Bonchev–Trinajstić information content (AvgIpc) is 2.03. The van der Waals surface area contributed by atoms with E-state index in [4.69, 9.17) is 0 Å². The van der Waals surface area contributed by atoms with Gasteiger partial charge in [-0.15, -0.1) is 0 Å². The molecule has 0 radical (unpaired) electrons. The van der Waals surface area contributed by atoms with Crippen LogP contribution in [0.5, 0.6) is 0 Å². The van der Waals surface area contributed by atoms with E-state index in [1.165, 1.54) is 25.7 Å². The number of carbonyl (C=O) groups excluding carboxylic acids is 1. The highest BCUT2D eigenvalue weighted by Crippen LogP contribution is 2.42. The lowest BCUT2D eigenvalue weighted by Crippen LogP contribution is -2.42. The molecule has 0 aromatic rings. The van der Waals surface area contributed by atoms with E-state index in [0.717, 1.165) is 6.54 Å². The molecule has 1 amide bonds. The summed E-state index contributed by atoms with van der Waals surface area (Å²) in [5, 5.41) is 3.36. The lowest BCUT2D eigenvalue weighted by Gasteiger charge is -2.41. The fraction of sp³-hybridized carbons (Fsp3) is 0.889. The molecule has 0 aromatic carbocycles. The monoisotopic (exact) mass is 233 g/mol. The lowest BCUT2D eigenvalue weighted by atomic mass is 9.67. The molecule has 3 heteroatoms. The normalized spacial score (nSPS) is 19.8. The van der Waals surface area contributed by atoms with Gasteiger partial charge in [-0.2, -0.15) is 0 Å². The van der Waals surface area contributed by atoms with Crippen LogP contribution >= 0.6 is 15.9 Å². The Morgan fingerprint density at radius 3 is 2.58 bits per heavy atom. The second kappa shape index (κ2) is 4.26. The Labute approximate surface area is 82.2 Å². The van der Waals surface area contributed by atoms with Gasteiger partial charge in [0.25, 0.3) is 0 Å². The molecule has 1 N–H and O–H groups in total. The molecule has 1 aliphatic carbocycles. The van der Waals surface area contributed by atoms with E-state index in [1.54, 1.807) is 0 Å². The first-order valence-corrected chi connectivity index (χ1v) is 5.67. The topological polar surface area (TPSA) is 29.1 Å². The predicted octanol–water partition coefficient (Wildman–Crippen LogP) is 2.08. The third kappa shape index (κ3) is 2.22. The van der Waals surface area contributed by atoms with Crippen molar-refractivity contribution in [3.05, 3.63) is 0 Å². The molecule has 1 rings (SSSR count). The fourth-order valence-corrected chi connectivity index (χ4v) is 1.86. The Balaban J connectivity index is 2.24. The highest BCUT2D eigenvalue weighted by atomic mass is 79.9. The number of rotatable bonds is 4. The number of nitrogens with one attached hydrogen (secondary N) is 1. The molecule has 12 heavy (non-hydrogen) atoms. The van der Waals surface area contributed by atoms with Gasteiger partial charge in [0.2, 0.25) is 5.91 Å². The summed E-state index contributed by atoms with van der Waals surface area (Å²) in [5.41, 5.74) is 0.442. The molecule has 0 unspecified atom stereocenters. The Bertz CT molecular complexity index is 160. The molecule has 0 heterocycles. The third-order valence-corrected chi connectivity index (χ3v) is 3.46. The van der Waals surface area contributed by atoms with Crippen LogP contribution in [0.1, 0.15) is 32.6 Å². The van der Waals surface area contributed by atoms with Crippen molar-refractivity contribution >= 4 is 21.8 Å². The van der Waals surface area contributed by atoms with E-state index in [2.05, 4.69) is 28.2 Å². The molecular formula is C9H16BrNO. The van der Waals surface area contributed by atoms with Gasteiger partial charge < -0.3 is 5.32 Å². The van der Waals surface area contributed by atoms with Gasteiger partial charge in [-0.05, 0) is 24.7 Å². The van der Waals surface area contributed by atoms with Gasteiger partial charge in [0.15, 0.2) is 0 Å². The molecule has 0 aromatic heterocycles.